The van der Waals surface area contributed by atoms with Gasteiger partial charge in [0, 0.05) is 19.5 Å². The summed E-state index contributed by atoms with van der Waals surface area (Å²) in [6.07, 6.45) is 1.49. The maximum atomic E-state index is 13.3. The Morgan fingerprint density at radius 3 is 2.56 bits per heavy atom. The van der Waals surface area contributed by atoms with Crippen LogP contribution in [0.2, 0.25) is 0 Å². The number of alkyl halides is 2. The fourth-order valence-electron chi connectivity index (χ4n) is 2.29. The molecule has 0 fully saturated rings. The van der Waals surface area contributed by atoms with Crippen LogP contribution in [0.3, 0.4) is 0 Å². The number of urea groups is 1. The van der Waals surface area contributed by atoms with Gasteiger partial charge in [-0.1, -0.05) is 24.0 Å². The molecule has 8 heteroatoms. The van der Waals surface area contributed by atoms with Gasteiger partial charge in [0.15, 0.2) is 0 Å². The molecule has 2 rings (SSSR count). The Kier molecular flexibility index (Phi) is 6.41. The minimum Gasteiger partial charge on any atom is -0.456 e. The van der Waals surface area contributed by atoms with Crippen LogP contribution in [0.5, 0.6) is 11.5 Å². The third-order valence-corrected chi connectivity index (χ3v) is 4.45. The van der Waals surface area contributed by atoms with E-state index in [-0.39, 0.29) is 6.54 Å². The van der Waals surface area contributed by atoms with Crippen molar-refractivity contribution in [1.82, 2.24) is 9.88 Å². The van der Waals surface area contributed by atoms with Crippen LogP contribution in [0.4, 0.5) is 19.4 Å². The molecule has 1 N–H and O–H groups in total. The van der Waals surface area contributed by atoms with E-state index in [1.54, 1.807) is 12.1 Å². The predicted octanol–water partition coefficient (Wildman–Crippen LogP) is 3.20. The van der Waals surface area contributed by atoms with E-state index in [2.05, 4.69) is 10.3 Å². The van der Waals surface area contributed by atoms with Crippen LogP contribution in [-0.4, -0.2) is 43.3 Å². The number of nitrogens with one attached hydrogen (secondary N) is 1. The molecule has 2 aromatic rings. The number of hydrogen-bond acceptors (Lipinski definition) is 3. The summed E-state index contributed by atoms with van der Waals surface area (Å²) in [6.45, 7) is 4.21. The van der Waals surface area contributed by atoms with Gasteiger partial charge in [0.1, 0.15) is 25.2 Å². The Morgan fingerprint density at radius 2 is 2.00 bits per heavy atom. The molecule has 5 nitrogen and oxygen atoms in total. The molecule has 0 aliphatic carbocycles. The number of pyridine rings is 1. The molecule has 0 bridgehead atoms. The zero-order valence-corrected chi connectivity index (χ0v) is 16.2. The fourth-order valence-corrected chi connectivity index (χ4v) is 2.29. The highest BCUT2D eigenvalue weighted by molar-refractivity contribution is 6.33. The molecular formula is C19H24BF2N3O2. The molecule has 0 saturated carbocycles. The van der Waals surface area contributed by atoms with Crippen LogP contribution >= 0.6 is 0 Å². The number of anilines is 1. The summed E-state index contributed by atoms with van der Waals surface area (Å²) in [5.41, 5.74) is 2.30. The van der Waals surface area contributed by atoms with E-state index in [1.165, 1.54) is 30.6 Å². The first kappa shape index (κ1) is 20.7. The van der Waals surface area contributed by atoms with Crippen LogP contribution in [0.1, 0.15) is 19.4 Å². The van der Waals surface area contributed by atoms with Crippen molar-refractivity contribution in [3.8, 4) is 11.5 Å². The van der Waals surface area contributed by atoms with E-state index in [9.17, 15) is 13.6 Å². The Labute approximate surface area is 159 Å². The maximum Gasteiger partial charge on any atom is 0.322 e. The number of rotatable bonds is 6. The van der Waals surface area contributed by atoms with Gasteiger partial charge < -0.3 is 9.64 Å². The van der Waals surface area contributed by atoms with Gasteiger partial charge >= 0.3 is 6.03 Å². The van der Waals surface area contributed by atoms with E-state index in [0.717, 1.165) is 12.4 Å². The largest absolute Gasteiger partial charge is 0.456 e. The van der Waals surface area contributed by atoms with Crippen LogP contribution < -0.4 is 15.5 Å². The smallest absolute Gasteiger partial charge is 0.322 e. The van der Waals surface area contributed by atoms with Crippen molar-refractivity contribution in [3.05, 3.63) is 42.1 Å². The molecule has 0 radical (unpaired) electrons. The van der Waals surface area contributed by atoms with Gasteiger partial charge in [-0.15, -0.1) is 0 Å². The first-order valence-corrected chi connectivity index (χ1v) is 8.67. The first-order valence-electron chi connectivity index (χ1n) is 8.67. The summed E-state index contributed by atoms with van der Waals surface area (Å²) in [5.74, 6) is -2.25. The number of halogens is 2. The Hall–Kier alpha value is -2.64. The molecule has 0 saturated heterocycles. The predicted molar refractivity (Wildman–Crippen MR) is 105 cm³/mol. The van der Waals surface area contributed by atoms with Crippen LogP contribution in [-0.2, 0) is 0 Å². The van der Waals surface area contributed by atoms with Crippen molar-refractivity contribution in [2.75, 3.05) is 18.9 Å². The van der Waals surface area contributed by atoms with Crippen molar-refractivity contribution >= 4 is 25.2 Å². The van der Waals surface area contributed by atoms with Crippen molar-refractivity contribution in [3.63, 3.8) is 0 Å². The molecule has 144 valence electrons. The number of aryl methyl sites for hydroxylation is 1. The van der Waals surface area contributed by atoms with Gasteiger partial charge in [0.05, 0.1) is 6.20 Å². The molecule has 1 heterocycles. The van der Waals surface area contributed by atoms with Gasteiger partial charge in [0.25, 0.3) is 0 Å². The van der Waals surface area contributed by atoms with E-state index in [4.69, 9.17) is 4.74 Å². The Bertz CT molecular complexity index is 795. The van der Waals surface area contributed by atoms with Gasteiger partial charge in [-0.2, -0.15) is 0 Å². The third-order valence-electron chi connectivity index (χ3n) is 4.45. The maximum absolute atomic E-state index is 13.3. The zero-order valence-electron chi connectivity index (χ0n) is 16.2. The minimum atomic E-state index is -2.85. The van der Waals surface area contributed by atoms with Gasteiger partial charge in [-0.25, -0.2) is 18.6 Å². The number of aromatic nitrogens is 1. The second kappa shape index (κ2) is 8.37. The molecule has 1 aromatic heterocycles. The van der Waals surface area contributed by atoms with E-state index < -0.39 is 17.9 Å². The third kappa shape index (κ3) is 5.94. The van der Waals surface area contributed by atoms with Crippen LogP contribution in [0, 0.1) is 12.8 Å². The van der Waals surface area contributed by atoms with Crippen LogP contribution in [0.25, 0.3) is 0 Å². The van der Waals surface area contributed by atoms with Crippen molar-refractivity contribution in [2.24, 2.45) is 5.92 Å². The van der Waals surface area contributed by atoms with Gasteiger partial charge in [-0.3, -0.25) is 5.32 Å². The van der Waals surface area contributed by atoms with Gasteiger partial charge in [-0.05, 0) is 38.1 Å². The van der Waals surface area contributed by atoms with Crippen LogP contribution in [0.15, 0.2) is 36.5 Å². The standard InChI is InChI=1S/C19H24BF2N3O2/c1-12-5-6-14(9-16(12)20)27-15-7-8-17(23-10-15)24-18(26)25(4)11-13(2)19(3,21)22/h5-10,13H,11,20H2,1-4H3,(H,23,24,26). The first-order chi connectivity index (χ1) is 12.6. The lowest BCUT2D eigenvalue weighted by Gasteiger charge is -2.25. The van der Waals surface area contributed by atoms with Gasteiger partial charge in [0.2, 0.25) is 5.92 Å². The summed E-state index contributed by atoms with van der Waals surface area (Å²) in [5, 5.41) is 2.58. The number of benzene rings is 1. The molecule has 1 atom stereocenters. The molecule has 1 unspecified atom stereocenters. The molecule has 0 spiro atoms. The van der Waals surface area contributed by atoms with E-state index in [0.29, 0.717) is 17.3 Å². The molecule has 1 aromatic carbocycles. The highest BCUT2D eigenvalue weighted by Crippen LogP contribution is 2.24. The monoisotopic (exact) mass is 375 g/mol. The average molecular weight is 375 g/mol. The Balaban J connectivity index is 1.94. The molecule has 0 aliphatic rings. The summed E-state index contributed by atoms with van der Waals surface area (Å²) in [4.78, 5) is 17.5. The quantitative estimate of drug-likeness (QED) is 0.789. The number of carbonyl (C=O) groups is 1. The average Bonchev–Trinajstić information content (AvgIpc) is 2.59. The second-order valence-electron chi connectivity index (χ2n) is 6.90. The second-order valence-corrected chi connectivity index (χ2v) is 6.90. The molecule has 2 amide bonds. The SMILES string of the molecule is Bc1cc(Oc2ccc(NC(=O)N(C)CC(C)C(C)(F)F)nc2)ccc1C. The molecule has 27 heavy (non-hydrogen) atoms. The van der Waals surface area contributed by atoms with E-state index >= 15 is 0 Å². The number of ether oxygens (including phenoxy) is 1. The van der Waals surface area contributed by atoms with Crippen molar-refractivity contribution < 1.29 is 18.3 Å². The normalized spacial score (nSPS) is 12.4. The number of carbonyl (C=O) groups excluding carboxylic acids is 1. The highest BCUT2D eigenvalue weighted by atomic mass is 19.3. The number of nitrogens with zero attached hydrogens (tertiary/aromatic N) is 2. The lowest BCUT2D eigenvalue weighted by Crippen LogP contribution is -2.39. The zero-order chi connectivity index (χ0) is 20.2. The molecular weight excluding hydrogens is 351 g/mol. The summed E-state index contributed by atoms with van der Waals surface area (Å²) >= 11 is 0. The van der Waals surface area contributed by atoms with Crippen molar-refractivity contribution in [2.45, 2.75) is 26.7 Å². The topological polar surface area (TPSA) is 54.5 Å². The minimum absolute atomic E-state index is 0.0662. The molecule has 0 aliphatic heterocycles. The summed E-state index contributed by atoms with van der Waals surface area (Å²) in [6, 6.07) is 8.56. The summed E-state index contributed by atoms with van der Waals surface area (Å²) < 4.78 is 32.2. The number of amides is 2. The lowest BCUT2D eigenvalue weighted by atomic mass is 9.91. The fraction of sp³-hybridized carbons (Fsp3) is 0.368. The van der Waals surface area contributed by atoms with Crippen molar-refractivity contribution in [1.29, 1.82) is 0 Å². The van der Waals surface area contributed by atoms with E-state index in [1.807, 2.05) is 33.0 Å². The summed E-state index contributed by atoms with van der Waals surface area (Å²) in [7, 11) is 3.47. The number of hydrogen-bond donors (Lipinski definition) is 1. The lowest BCUT2D eigenvalue weighted by molar-refractivity contribution is -0.0381. The highest BCUT2D eigenvalue weighted by Gasteiger charge is 2.31. The Morgan fingerprint density at radius 1 is 1.33 bits per heavy atom.